The van der Waals surface area contributed by atoms with E-state index >= 15 is 0 Å². The molecule has 0 aromatic heterocycles. The third-order valence-electron chi connectivity index (χ3n) is 4.16. The number of rotatable bonds is 4. The number of carbonyl (C=O) groups is 1. The van der Waals surface area contributed by atoms with E-state index in [-0.39, 0.29) is 12.2 Å². The fourth-order valence-electron chi connectivity index (χ4n) is 2.82. The predicted octanol–water partition coefficient (Wildman–Crippen LogP) is 3.91. The molecule has 1 heterocycles. The van der Waals surface area contributed by atoms with Gasteiger partial charge >= 0.3 is 6.09 Å². The largest absolute Gasteiger partial charge is 0.453 e. The van der Waals surface area contributed by atoms with E-state index in [1.165, 1.54) is 12.7 Å². The van der Waals surface area contributed by atoms with Gasteiger partial charge in [-0.25, -0.2) is 15.6 Å². The average Bonchev–Trinajstić information content (AvgIpc) is 3.06. The molecule has 0 spiro atoms. The van der Waals surface area contributed by atoms with Crippen molar-refractivity contribution in [3.05, 3.63) is 58.1 Å². The summed E-state index contributed by atoms with van der Waals surface area (Å²) in [4.78, 5) is 11.3. The number of carbonyl (C=O) groups excluding carboxylic acids is 1. The standard InChI is InChI=1S/C18H21BrN4O2/c1-11-9-14(20-18(24)25-2)7-8-15(11)21-17-10-16(22-23-17)12-3-5-13(19)6-4-12/h3-9,16-17,21-23H,10H2,1-2H3,(H,20,24). The third-order valence-corrected chi connectivity index (χ3v) is 4.69. The molecule has 2 aromatic carbocycles. The molecule has 25 heavy (non-hydrogen) atoms. The average molecular weight is 405 g/mol. The molecule has 1 saturated heterocycles. The van der Waals surface area contributed by atoms with Gasteiger partial charge in [0, 0.05) is 28.3 Å². The van der Waals surface area contributed by atoms with Gasteiger partial charge in [0.25, 0.3) is 0 Å². The number of ether oxygens (including phenoxy) is 1. The zero-order valence-corrected chi connectivity index (χ0v) is 15.7. The van der Waals surface area contributed by atoms with E-state index < -0.39 is 6.09 Å². The van der Waals surface area contributed by atoms with Crippen LogP contribution < -0.4 is 21.5 Å². The summed E-state index contributed by atoms with van der Waals surface area (Å²) in [6, 6.07) is 14.3. The number of hydrogen-bond donors (Lipinski definition) is 4. The Kier molecular flexibility index (Phi) is 5.57. The number of methoxy groups -OCH3 is 1. The molecule has 0 radical (unpaired) electrons. The fraction of sp³-hybridized carbons (Fsp3) is 0.278. The third kappa shape index (κ3) is 4.50. The highest BCUT2D eigenvalue weighted by Gasteiger charge is 2.25. The lowest BCUT2D eigenvalue weighted by Crippen LogP contribution is -2.36. The smallest absolute Gasteiger partial charge is 0.411 e. The van der Waals surface area contributed by atoms with Crippen LogP contribution in [0.25, 0.3) is 0 Å². The van der Waals surface area contributed by atoms with Crippen molar-refractivity contribution < 1.29 is 9.53 Å². The zero-order valence-electron chi connectivity index (χ0n) is 14.1. The van der Waals surface area contributed by atoms with Crippen molar-refractivity contribution in [2.45, 2.75) is 25.6 Å². The summed E-state index contributed by atoms with van der Waals surface area (Å²) in [5.41, 5.74) is 10.6. The van der Waals surface area contributed by atoms with E-state index in [1.807, 2.05) is 25.1 Å². The van der Waals surface area contributed by atoms with Crippen LogP contribution in [-0.4, -0.2) is 19.4 Å². The number of benzene rings is 2. The molecule has 2 aromatic rings. The maximum absolute atomic E-state index is 11.3. The molecule has 1 aliphatic rings. The topological polar surface area (TPSA) is 74.4 Å². The van der Waals surface area contributed by atoms with Crippen LogP contribution in [0.5, 0.6) is 0 Å². The molecule has 4 N–H and O–H groups in total. The molecule has 0 bridgehead atoms. The van der Waals surface area contributed by atoms with E-state index in [0.29, 0.717) is 5.69 Å². The molecule has 1 fully saturated rings. The van der Waals surface area contributed by atoms with Gasteiger partial charge in [-0.3, -0.25) is 5.32 Å². The molecule has 1 amide bonds. The Labute approximate surface area is 155 Å². The van der Waals surface area contributed by atoms with Crippen LogP contribution in [0.1, 0.15) is 23.6 Å². The van der Waals surface area contributed by atoms with Gasteiger partial charge in [0.15, 0.2) is 0 Å². The summed E-state index contributed by atoms with van der Waals surface area (Å²) in [6.07, 6.45) is 0.564. The van der Waals surface area contributed by atoms with Gasteiger partial charge in [-0.15, -0.1) is 0 Å². The lowest BCUT2D eigenvalue weighted by molar-refractivity contribution is 0.187. The molecule has 2 unspecified atom stereocenters. The maximum Gasteiger partial charge on any atom is 0.411 e. The molecule has 6 nitrogen and oxygen atoms in total. The first-order chi connectivity index (χ1) is 12.0. The molecule has 0 aliphatic carbocycles. The van der Waals surface area contributed by atoms with Crippen LogP contribution in [0.15, 0.2) is 46.9 Å². The van der Waals surface area contributed by atoms with Crippen molar-refractivity contribution in [1.82, 2.24) is 10.9 Å². The van der Waals surface area contributed by atoms with E-state index in [4.69, 9.17) is 0 Å². The number of aryl methyl sites for hydroxylation is 1. The molecule has 3 rings (SSSR count). The summed E-state index contributed by atoms with van der Waals surface area (Å²) >= 11 is 3.46. The van der Waals surface area contributed by atoms with Crippen molar-refractivity contribution in [2.24, 2.45) is 0 Å². The van der Waals surface area contributed by atoms with Crippen molar-refractivity contribution in [1.29, 1.82) is 0 Å². The van der Waals surface area contributed by atoms with E-state index in [9.17, 15) is 4.79 Å². The normalized spacial score (nSPS) is 19.5. The van der Waals surface area contributed by atoms with E-state index in [2.05, 4.69) is 66.4 Å². The van der Waals surface area contributed by atoms with E-state index in [1.54, 1.807) is 0 Å². The number of hydrazine groups is 1. The lowest BCUT2D eigenvalue weighted by atomic mass is 10.0. The molecular weight excluding hydrogens is 384 g/mol. The first-order valence-corrected chi connectivity index (χ1v) is 8.83. The summed E-state index contributed by atoms with van der Waals surface area (Å²) in [7, 11) is 1.35. The number of nitrogens with one attached hydrogen (secondary N) is 4. The Bertz CT molecular complexity index is 751. The molecule has 1 aliphatic heterocycles. The van der Waals surface area contributed by atoms with Gasteiger partial charge < -0.3 is 10.1 Å². The zero-order chi connectivity index (χ0) is 17.8. The molecule has 7 heteroatoms. The Morgan fingerprint density at radius 3 is 2.64 bits per heavy atom. The maximum atomic E-state index is 11.3. The Balaban J connectivity index is 1.61. The second-order valence-electron chi connectivity index (χ2n) is 5.97. The van der Waals surface area contributed by atoms with Crippen molar-refractivity contribution in [2.75, 3.05) is 17.7 Å². The Morgan fingerprint density at radius 1 is 1.20 bits per heavy atom. The van der Waals surface area contributed by atoms with Crippen LogP contribution in [0, 0.1) is 6.92 Å². The highest BCUT2D eigenvalue weighted by molar-refractivity contribution is 9.10. The summed E-state index contributed by atoms with van der Waals surface area (Å²) in [5.74, 6) is 0. The monoisotopic (exact) mass is 404 g/mol. The van der Waals surface area contributed by atoms with Crippen molar-refractivity contribution in [3.8, 4) is 0 Å². The minimum atomic E-state index is -0.473. The number of amides is 1. The molecule has 0 saturated carbocycles. The Morgan fingerprint density at radius 2 is 1.96 bits per heavy atom. The quantitative estimate of drug-likeness (QED) is 0.621. The van der Waals surface area contributed by atoms with Crippen LogP contribution in [0.3, 0.4) is 0 Å². The van der Waals surface area contributed by atoms with Crippen molar-refractivity contribution >= 4 is 33.4 Å². The first kappa shape index (κ1) is 17.7. The fourth-order valence-corrected chi connectivity index (χ4v) is 3.09. The highest BCUT2D eigenvalue weighted by atomic mass is 79.9. The SMILES string of the molecule is COC(=O)Nc1ccc(NC2CC(c3ccc(Br)cc3)NN2)c(C)c1. The predicted molar refractivity (Wildman–Crippen MR) is 102 cm³/mol. The van der Waals surface area contributed by atoms with Gasteiger partial charge in [-0.1, -0.05) is 28.1 Å². The first-order valence-electron chi connectivity index (χ1n) is 8.04. The molecule has 132 valence electrons. The van der Waals surface area contributed by atoms with Gasteiger partial charge in [-0.2, -0.15) is 0 Å². The van der Waals surface area contributed by atoms with Crippen LogP contribution in [0.2, 0.25) is 0 Å². The van der Waals surface area contributed by atoms with Crippen LogP contribution >= 0.6 is 15.9 Å². The van der Waals surface area contributed by atoms with Gasteiger partial charge in [-0.05, 0) is 48.4 Å². The summed E-state index contributed by atoms with van der Waals surface area (Å²) in [5, 5.41) is 6.15. The minimum absolute atomic E-state index is 0.117. The summed E-state index contributed by atoms with van der Waals surface area (Å²) in [6.45, 7) is 2.00. The van der Waals surface area contributed by atoms with Gasteiger partial charge in [0.05, 0.1) is 13.3 Å². The highest BCUT2D eigenvalue weighted by Crippen LogP contribution is 2.26. The summed E-state index contributed by atoms with van der Waals surface area (Å²) < 4.78 is 5.68. The van der Waals surface area contributed by atoms with Crippen LogP contribution in [0.4, 0.5) is 16.2 Å². The number of anilines is 2. The lowest BCUT2D eigenvalue weighted by Gasteiger charge is -2.16. The number of hydrogen-bond acceptors (Lipinski definition) is 5. The minimum Gasteiger partial charge on any atom is -0.453 e. The second-order valence-corrected chi connectivity index (χ2v) is 6.89. The number of halogens is 1. The van der Waals surface area contributed by atoms with Gasteiger partial charge in [0.1, 0.15) is 0 Å². The van der Waals surface area contributed by atoms with Crippen molar-refractivity contribution in [3.63, 3.8) is 0 Å². The van der Waals surface area contributed by atoms with E-state index in [0.717, 1.165) is 22.1 Å². The second kappa shape index (κ2) is 7.86. The Hall–Kier alpha value is -2.09. The molecular formula is C18H21BrN4O2. The molecule has 2 atom stereocenters. The van der Waals surface area contributed by atoms with Crippen LogP contribution in [-0.2, 0) is 4.74 Å². The van der Waals surface area contributed by atoms with Gasteiger partial charge in [0.2, 0.25) is 0 Å².